The zero-order valence-electron chi connectivity index (χ0n) is 15.5. The second kappa shape index (κ2) is 8.85. The molecule has 0 aromatic heterocycles. The van der Waals surface area contributed by atoms with Crippen LogP contribution in [0, 0.1) is 5.92 Å². The van der Waals surface area contributed by atoms with Gasteiger partial charge in [0.2, 0.25) is 5.91 Å². The first-order chi connectivity index (χ1) is 11.9. The minimum atomic E-state index is -0.229. The molecule has 1 heterocycles. The number of rotatable bonds is 8. The number of ether oxygens (including phenoxy) is 1. The van der Waals surface area contributed by atoms with E-state index < -0.39 is 0 Å². The van der Waals surface area contributed by atoms with Gasteiger partial charge < -0.3 is 20.7 Å². The molecule has 1 aromatic rings. The summed E-state index contributed by atoms with van der Waals surface area (Å²) in [5, 5.41) is 9.03. The maximum absolute atomic E-state index is 12.2. The zero-order valence-corrected chi connectivity index (χ0v) is 15.5. The summed E-state index contributed by atoms with van der Waals surface area (Å²) in [6.07, 6.45) is 1.74. The molecule has 138 valence electrons. The Bertz CT molecular complexity index is 614. The van der Waals surface area contributed by atoms with E-state index in [9.17, 15) is 9.59 Å². The minimum Gasteiger partial charge on any atom is -0.379 e. The van der Waals surface area contributed by atoms with Gasteiger partial charge in [0.1, 0.15) is 6.04 Å². The van der Waals surface area contributed by atoms with E-state index in [2.05, 4.69) is 29.8 Å². The van der Waals surface area contributed by atoms with Crippen LogP contribution < -0.4 is 16.0 Å². The van der Waals surface area contributed by atoms with Gasteiger partial charge in [-0.2, -0.15) is 0 Å². The molecule has 0 spiro atoms. The maximum atomic E-state index is 12.2. The van der Waals surface area contributed by atoms with Crippen LogP contribution in [0.15, 0.2) is 18.2 Å². The molecule has 0 aliphatic carbocycles. The Morgan fingerprint density at radius 2 is 2.00 bits per heavy atom. The number of anilines is 2. The third kappa shape index (κ3) is 5.74. The maximum Gasteiger partial charge on any atom is 0.251 e. The lowest BCUT2D eigenvalue weighted by Crippen LogP contribution is -2.39. The van der Waals surface area contributed by atoms with Crippen molar-refractivity contribution >= 4 is 23.2 Å². The molecule has 6 nitrogen and oxygen atoms in total. The lowest BCUT2D eigenvalue weighted by atomic mass is 10.00. The third-order valence-electron chi connectivity index (χ3n) is 3.95. The van der Waals surface area contributed by atoms with Gasteiger partial charge in [0.15, 0.2) is 0 Å². The molecule has 0 fully saturated rings. The van der Waals surface area contributed by atoms with Gasteiger partial charge in [-0.05, 0) is 50.8 Å². The summed E-state index contributed by atoms with van der Waals surface area (Å²) < 4.78 is 5.45. The normalized spacial score (nSPS) is 16.4. The fourth-order valence-electron chi connectivity index (χ4n) is 2.72. The standard InChI is InChI=1S/C19H29N3O3/c1-12(2)10-17-19(24)22-16-11-14(6-7-15(16)21-17)18(23)20-8-5-9-25-13(3)4/h6-7,11-13,17,21H,5,8-10H2,1-4H3,(H,20,23)(H,22,24)/t17-/m0/s1. The number of carbonyl (C=O) groups is 2. The fraction of sp³-hybridized carbons (Fsp3) is 0.579. The van der Waals surface area contributed by atoms with Crippen LogP contribution in [-0.2, 0) is 9.53 Å². The van der Waals surface area contributed by atoms with E-state index >= 15 is 0 Å². The molecule has 1 aromatic carbocycles. The Morgan fingerprint density at radius 3 is 2.68 bits per heavy atom. The summed E-state index contributed by atoms with van der Waals surface area (Å²) >= 11 is 0. The molecule has 1 aliphatic rings. The van der Waals surface area contributed by atoms with E-state index in [0.717, 1.165) is 18.5 Å². The number of amides is 2. The number of carbonyl (C=O) groups excluding carboxylic acids is 2. The van der Waals surface area contributed by atoms with Gasteiger partial charge in [0, 0.05) is 18.7 Å². The summed E-state index contributed by atoms with van der Waals surface area (Å²) in [5.41, 5.74) is 2.04. The van der Waals surface area contributed by atoms with Crippen molar-refractivity contribution in [2.45, 2.75) is 52.7 Å². The van der Waals surface area contributed by atoms with Gasteiger partial charge in [-0.25, -0.2) is 0 Å². The molecule has 2 rings (SSSR count). The van der Waals surface area contributed by atoms with E-state index in [1.165, 1.54) is 0 Å². The van der Waals surface area contributed by atoms with Gasteiger partial charge in [-0.15, -0.1) is 0 Å². The first-order valence-electron chi connectivity index (χ1n) is 8.98. The number of nitrogens with one attached hydrogen (secondary N) is 3. The largest absolute Gasteiger partial charge is 0.379 e. The van der Waals surface area contributed by atoms with Crippen LogP contribution in [0.2, 0.25) is 0 Å². The van der Waals surface area contributed by atoms with Gasteiger partial charge in [0.25, 0.3) is 5.91 Å². The second-order valence-corrected chi connectivity index (χ2v) is 7.11. The molecule has 1 aliphatic heterocycles. The molecule has 0 radical (unpaired) electrons. The highest BCUT2D eigenvalue weighted by molar-refractivity contribution is 6.05. The van der Waals surface area contributed by atoms with Crippen molar-refractivity contribution < 1.29 is 14.3 Å². The van der Waals surface area contributed by atoms with Crippen LogP contribution in [0.5, 0.6) is 0 Å². The number of hydrogen-bond donors (Lipinski definition) is 3. The SMILES string of the molecule is CC(C)C[C@@H]1Nc2ccc(C(=O)NCCCOC(C)C)cc2NC1=O. The molecule has 1 atom stereocenters. The Kier molecular flexibility index (Phi) is 6.82. The topological polar surface area (TPSA) is 79.5 Å². The van der Waals surface area contributed by atoms with Crippen LogP contribution in [-0.4, -0.2) is 37.1 Å². The van der Waals surface area contributed by atoms with E-state index in [-0.39, 0.29) is 24.0 Å². The van der Waals surface area contributed by atoms with Crippen LogP contribution in [0.3, 0.4) is 0 Å². The Hall–Kier alpha value is -2.08. The first-order valence-corrected chi connectivity index (χ1v) is 8.98. The monoisotopic (exact) mass is 347 g/mol. The lowest BCUT2D eigenvalue weighted by molar-refractivity contribution is -0.117. The Balaban J connectivity index is 1.91. The molecule has 2 amide bonds. The molecule has 0 saturated heterocycles. The predicted octanol–water partition coefficient (Wildman–Crippen LogP) is 3.01. The smallest absolute Gasteiger partial charge is 0.251 e. The van der Waals surface area contributed by atoms with Gasteiger partial charge in [-0.1, -0.05) is 13.8 Å². The summed E-state index contributed by atoms with van der Waals surface area (Å²) in [6, 6.07) is 5.11. The van der Waals surface area contributed by atoms with Gasteiger partial charge in [0.05, 0.1) is 17.5 Å². The van der Waals surface area contributed by atoms with Crippen molar-refractivity contribution in [2.24, 2.45) is 5.92 Å². The highest BCUT2D eigenvalue weighted by Crippen LogP contribution is 2.29. The summed E-state index contributed by atoms with van der Waals surface area (Å²) in [6.45, 7) is 9.33. The fourth-order valence-corrected chi connectivity index (χ4v) is 2.72. The highest BCUT2D eigenvalue weighted by atomic mass is 16.5. The molecular weight excluding hydrogens is 318 g/mol. The second-order valence-electron chi connectivity index (χ2n) is 7.11. The zero-order chi connectivity index (χ0) is 18.4. The molecule has 6 heteroatoms. The van der Waals surface area contributed by atoms with Crippen LogP contribution >= 0.6 is 0 Å². The molecule has 0 saturated carbocycles. The molecular formula is C19H29N3O3. The lowest BCUT2D eigenvalue weighted by Gasteiger charge is -2.28. The van der Waals surface area contributed by atoms with E-state index in [4.69, 9.17) is 4.74 Å². The van der Waals surface area contributed by atoms with E-state index in [1.54, 1.807) is 12.1 Å². The van der Waals surface area contributed by atoms with Gasteiger partial charge in [-0.3, -0.25) is 9.59 Å². The number of fused-ring (bicyclic) bond motifs is 1. The Morgan fingerprint density at radius 1 is 1.24 bits per heavy atom. The van der Waals surface area contributed by atoms with E-state index in [1.807, 2.05) is 19.9 Å². The summed E-state index contributed by atoms with van der Waals surface area (Å²) in [5.74, 6) is 0.227. The van der Waals surface area contributed by atoms with Crippen molar-refractivity contribution in [2.75, 3.05) is 23.8 Å². The van der Waals surface area contributed by atoms with Crippen LogP contribution in [0.1, 0.15) is 50.9 Å². The number of benzene rings is 1. The average Bonchev–Trinajstić information content (AvgIpc) is 2.54. The number of hydrogen-bond acceptors (Lipinski definition) is 4. The highest BCUT2D eigenvalue weighted by Gasteiger charge is 2.26. The van der Waals surface area contributed by atoms with Crippen LogP contribution in [0.25, 0.3) is 0 Å². The van der Waals surface area contributed by atoms with Crippen molar-refractivity contribution in [3.63, 3.8) is 0 Å². The van der Waals surface area contributed by atoms with Crippen molar-refractivity contribution in [3.05, 3.63) is 23.8 Å². The quantitative estimate of drug-likeness (QED) is 0.632. The predicted molar refractivity (Wildman–Crippen MR) is 100.0 cm³/mol. The molecule has 25 heavy (non-hydrogen) atoms. The summed E-state index contributed by atoms with van der Waals surface area (Å²) in [4.78, 5) is 24.4. The van der Waals surface area contributed by atoms with Crippen LogP contribution in [0.4, 0.5) is 11.4 Å². The summed E-state index contributed by atoms with van der Waals surface area (Å²) in [7, 11) is 0. The van der Waals surface area contributed by atoms with E-state index in [0.29, 0.717) is 30.3 Å². The van der Waals surface area contributed by atoms with Crippen molar-refractivity contribution in [1.82, 2.24) is 5.32 Å². The minimum absolute atomic E-state index is 0.0513. The molecule has 0 bridgehead atoms. The van der Waals surface area contributed by atoms with Gasteiger partial charge >= 0.3 is 0 Å². The molecule has 0 unspecified atom stereocenters. The van der Waals surface area contributed by atoms with Crippen molar-refractivity contribution in [3.8, 4) is 0 Å². The average molecular weight is 347 g/mol. The first kappa shape index (κ1) is 19.2. The molecule has 3 N–H and O–H groups in total. The van der Waals surface area contributed by atoms with Crippen molar-refractivity contribution in [1.29, 1.82) is 0 Å². The Labute approximate surface area is 149 Å². The third-order valence-corrected chi connectivity index (χ3v) is 3.95.